The molecule has 1 unspecified atom stereocenters. The van der Waals surface area contributed by atoms with Crippen LogP contribution in [-0.2, 0) is 0 Å². The van der Waals surface area contributed by atoms with Gasteiger partial charge < -0.3 is 9.15 Å². The highest BCUT2D eigenvalue weighted by Gasteiger charge is 2.23. The van der Waals surface area contributed by atoms with Crippen LogP contribution in [0.25, 0.3) is 0 Å². The molecule has 0 aliphatic heterocycles. The van der Waals surface area contributed by atoms with E-state index in [4.69, 9.17) is 14.4 Å². The summed E-state index contributed by atoms with van der Waals surface area (Å²) in [6.07, 6.45) is 1.41. The van der Waals surface area contributed by atoms with Gasteiger partial charge in [-0.05, 0) is 29.8 Å². The molecule has 0 amide bonds. The number of ketones is 1. The fourth-order valence-corrected chi connectivity index (χ4v) is 1.64. The van der Waals surface area contributed by atoms with E-state index in [9.17, 15) is 4.79 Å². The zero-order valence-corrected chi connectivity index (χ0v) is 9.79. The number of hydrogen-bond donors (Lipinski definition) is 0. The minimum Gasteiger partial charge on any atom is -0.497 e. The molecule has 0 bridgehead atoms. The van der Waals surface area contributed by atoms with Crippen molar-refractivity contribution >= 4 is 5.78 Å². The molecular formula is C14H11NO3. The van der Waals surface area contributed by atoms with Gasteiger partial charge in [0.2, 0.25) is 5.78 Å². The van der Waals surface area contributed by atoms with Gasteiger partial charge in [-0.1, -0.05) is 12.1 Å². The number of rotatable bonds is 4. The van der Waals surface area contributed by atoms with Crippen molar-refractivity contribution in [2.75, 3.05) is 7.11 Å². The first-order valence-electron chi connectivity index (χ1n) is 5.37. The number of carbonyl (C=O) groups excluding carboxylic acids is 1. The number of Topliss-reactive ketones (excluding diaryl/α,β-unsaturated/α-hetero) is 1. The van der Waals surface area contributed by atoms with Gasteiger partial charge >= 0.3 is 0 Å². The molecule has 90 valence electrons. The van der Waals surface area contributed by atoms with Crippen LogP contribution in [0.5, 0.6) is 5.75 Å². The van der Waals surface area contributed by atoms with Crippen LogP contribution >= 0.6 is 0 Å². The Kier molecular flexibility index (Phi) is 3.44. The lowest BCUT2D eigenvalue weighted by atomic mass is 9.95. The smallest absolute Gasteiger partial charge is 0.219 e. The number of methoxy groups -OCH3 is 1. The summed E-state index contributed by atoms with van der Waals surface area (Å²) in [5, 5.41) is 9.13. The molecule has 1 atom stereocenters. The number of furan rings is 1. The topological polar surface area (TPSA) is 63.2 Å². The SMILES string of the molecule is COc1ccc(C(C#N)C(=O)c2ccco2)cc1. The van der Waals surface area contributed by atoms with Crippen LogP contribution < -0.4 is 4.74 Å². The quantitative estimate of drug-likeness (QED) is 0.772. The van der Waals surface area contributed by atoms with Crippen molar-refractivity contribution < 1.29 is 13.9 Å². The third-order valence-corrected chi connectivity index (χ3v) is 2.60. The molecule has 2 rings (SSSR count). The molecule has 0 radical (unpaired) electrons. The van der Waals surface area contributed by atoms with Gasteiger partial charge in [0.25, 0.3) is 0 Å². The van der Waals surface area contributed by atoms with Crippen LogP contribution in [0.1, 0.15) is 22.0 Å². The summed E-state index contributed by atoms with van der Waals surface area (Å²) in [4.78, 5) is 12.0. The van der Waals surface area contributed by atoms with Gasteiger partial charge in [0.15, 0.2) is 5.76 Å². The highest BCUT2D eigenvalue weighted by Crippen LogP contribution is 2.23. The molecule has 1 heterocycles. The predicted octanol–water partition coefficient (Wildman–Crippen LogP) is 2.78. The Labute approximate surface area is 104 Å². The number of benzene rings is 1. The van der Waals surface area contributed by atoms with Crippen molar-refractivity contribution in [3.05, 3.63) is 54.0 Å². The van der Waals surface area contributed by atoms with Gasteiger partial charge in [0, 0.05) is 0 Å². The summed E-state index contributed by atoms with van der Waals surface area (Å²) in [5.74, 6) is -0.326. The number of nitrogens with zero attached hydrogens (tertiary/aromatic N) is 1. The Morgan fingerprint density at radius 3 is 2.56 bits per heavy atom. The van der Waals surface area contributed by atoms with Crippen LogP contribution in [0.4, 0.5) is 0 Å². The first-order valence-corrected chi connectivity index (χ1v) is 5.37. The van der Waals surface area contributed by atoms with Gasteiger partial charge in [0.05, 0.1) is 19.4 Å². The largest absolute Gasteiger partial charge is 0.497 e. The Balaban J connectivity index is 2.28. The fraction of sp³-hybridized carbons (Fsp3) is 0.143. The van der Waals surface area contributed by atoms with E-state index in [-0.39, 0.29) is 11.5 Å². The first-order chi connectivity index (χ1) is 8.76. The molecule has 0 fully saturated rings. The van der Waals surface area contributed by atoms with Crippen molar-refractivity contribution in [1.82, 2.24) is 0 Å². The summed E-state index contributed by atoms with van der Waals surface area (Å²) < 4.78 is 10.0. The van der Waals surface area contributed by atoms with E-state index in [1.165, 1.54) is 6.26 Å². The Bertz CT molecular complexity index is 564. The predicted molar refractivity (Wildman–Crippen MR) is 64.4 cm³/mol. The maximum absolute atomic E-state index is 12.0. The minimum absolute atomic E-state index is 0.192. The van der Waals surface area contributed by atoms with E-state index in [1.54, 1.807) is 43.5 Å². The van der Waals surface area contributed by atoms with E-state index >= 15 is 0 Å². The number of carbonyl (C=O) groups is 1. The zero-order valence-electron chi connectivity index (χ0n) is 9.79. The van der Waals surface area contributed by atoms with Crippen molar-refractivity contribution in [3.8, 4) is 11.8 Å². The third-order valence-electron chi connectivity index (χ3n) is 2.60. The van der Waals surface area contributed by atoms with Crippen molar-refractivity contribution in [2.45, 2.75) is 5.92 Å². The molecule has 0 aliphatic rings. The third kappa shape index (κ3) is 2.25. The van der Waals surface area contributed by atoms with Gasteiger partial charge in [-0.3, -0.25) is 4.79 Å². The van der Waals surface area contributed by atoms with E-state index in [0.717, 1.165) is 0 Å². The normalized spacial score (nSPS) is 11.6. The molecule has 0 saturated carbocycles. The van der Waals surface area contributed by atoms with Crippen LogP contribution in [0.15, 0.2) is 47.1 Å². The lowest BCUT2D eigenvalue weighted by molar-refractivity contribution is 0.0952. The van der Waals surface area contributed by atoms with Crippen molar-refractivity contribution in [2.24, 2.45) is 0 Å². The molecule has 0 N–H and O–H groups in total. The van der Waals surface area contributed by atoms with E-state index < -0.39 is 5.92 Å². The second kappa shape index (κ2) is 5.19. The van der Waals surface area contributed by atoms with Crippen LogP contribution in [0.3, 0.4) is 0 Å². The van der Waals surface area contributed by atoms with Crippen LogP contribution in [0.2, 0.25) is 0 Å². The number of ether oxygens (including phenoxy) is 1. The van der Waals surface area contributed by atoms with Gasteiger partial charge in [0.1, 0.15) is 11.7 Å². The maximum atomic E-state index is 12.0. The second-order valence-electron chi connectivity index (χ2n) is 3.68. The molecule has 0 saturated heterocycles. The van der Waals surface area contributed by atoms with Crippen LogP contribution in [0, 0.1) is 11.3 Å². The first kappa shape index (κ1) is 11.9. The highest BCUT2D eigenvalue weighted by atomic mass is 16.5. The average molecular weight is 241 g/mol. The molecular weight excluding hydrogens is 230 g/mol. The Morgan fingerprint density at radius 2 is 2.06 bits per heavy atom. The number of hydrogen-bond acceptors (Lipinski definition) is 4. The second-order valence-corrected chi connectivity index (χ2v) is 3.68. The minimum atomic E-state index is -0.859. The molecule has 1 aromatic carbocycles. The van der Waals surface area contributed by atoms with Gasteiger partial charge in [-0.2, -0.15) is 5.26 Å². The Hall–Kier alpha value is -2.54. The molecule has 2 aromatic rings. The zero-order chi connectivity index (χ0) is 13.0. The lowest BCUT2D eigenvalue weighted by Crippen LogP contribution is -2.10. The van der Waals surface area contributed by atoms with Crippen LogP contribution in [-0.4, -0.2) is 12.9 Å². The monoisotopic (exact) mass is 241 g/mol. The van der Waals surface area contributed by atoms with Crippen molar-refractivity contribution in [3.63, 3.8) is 0 Å². The molecule has 4 nitrogen and oxygen atoms in total. The molecule has 4 heteroatoms. The standard InChI is InChI=1S/C14H11NO3/c1-17-11-6-4-10(5-7-11)12(9-15)14(16)13-3-2-8-18-13/h2-8,12H,1H3. The average Bonchev–Trinajstić information content (AvgIpc) is 2.94. The van der Waals surface area contributed by atoms with Gasteiger partial charge in [-0.25, -0.2) is 0 Å². The molecule has 1 aromatic heterocycles. The Morgan fingerprint density at radius 1 is 1.33 bits per heavy atom. The molecule has 18 heavy (non-hydrogen) atoms. The molecule has 0 aliphatic carbocycles. The lowest BCUT2D eigenvalue weighted by Gasteiger charge is -2.07. The molecule has 0 spiro atoms. The summed E-state index contributed by atoms with van der Waals surface area (Å²) >= 11 is 0. The van der Waals surface area contributed by atoms with E-state index in [1.807, 2.05) is 6.07 Å². The van der Waals surface area contributed by atoms with Crippen molar-refractivity contribution in [1.29, 1.82) is 5.26 Å². The summed E-state index contributed by atoms with van der Waals surface area (Å²) in [5.41, 5.74) is 0.625. The van der Waals surface area contributed by atoms with Gasteiger partial charge in [-0.15, -0.1) is 0 Å². The highest BCUT2D eigenvalue weighted by molar-refractivity contribution is 6.00. The fourth-order valence-electron chi connectivity index (χ4n) is 1.64. The summed E-state index contributed by atoms with van der Waals surface area (Å²) in [7, 11) is 1.56. The summed E-state index contributed by atoms with van der Waals surface area (Å²) in [6, 6.07) is 12.0. The summed E-state index contributed by atoms with van der Waals surface area (Å²) in [6.45, 7) is 0. The maximum Gasteiger partial charge on any atom is 0.219 e. The number of nitriles is 1. The van der Waals surface area contributed by atoms with E-state index in [2.05, 4.69) is 0 Å². The van der Waals surface area contributed by atoms with E-state index in [0.29, 0.717) is 11.3 Å².